The highest BCUT2D eigenvalue weighted by Gasteiger charge is 2.30. The number of hydrogen-bond acceptors (Lipinski definition) is 4. The summed E-state index contributed by atoms with van der Waals surface area (Å²) in [4.78, 5) is 19.7. The molecule has 4 aromatic rings. The molecule has 1 atom stereocenters. The van der Waals surface area contributed by atoms with Crippen molar-refractivity contribution in [3.63, 3.8) is 0 Å². The lowest BCUT2D eigenvalue weighted by Gasteiger charge is -2.36. The van der Waals surface area contributed by atoms with Gasteiger partial charge in [0.2, 0.25) is 0 Å². The van der Waals surface area contributed by atoms with Crippen LogP contribution in [0.25, 0.3) is 21.1 Å². The number of para-hydroxylation sites is 1. The van der Waals surface area contributed by atoms with Crippen LogP contribution < -0.4 is 0 Å². The molecule has 0 fully saturated rings. The van der Waals surface area contributed by atoms with Gasteiger partial charge >= 0.3 is 5.97 Å². The predicted octanol–water partition coefficient (Wildman–Crippen LogP) is 5.68. The molecule has 0 radical (unpaired) electrons. The van der Waals surface area contributed by atoms with Crippen molar-refractivity contribution in [3.8, 4) is 0 Å². The number of nitrogens with one attached hydrogen (secondary N) is 2. The summed E-state index contributed by atoms with van der Waals surface area (Å²) in [5, 5.41) is 3.30. The number of carbonyl (C=O) groups is 1. The number of fused-ring (bicyclic) bond motifs is 4. The lowest BCUT2D eigenvalue weighted by atomic mass is 9.96. The fraction of sp³-hybridized carbons (Fsp3) is 0.375. The number of ether oxygens (including phenoxy) is 1. The van der Waals surface area contributed by atoms with Crippen LogP contribution in [0.2, 0.25) is 0 Å². The number of nitrogens with zero attached hydrogens (tertiary/aromatic N) is 1. The van der Waals surface area contributed by atoms with Crippen molar-refractivity contribution < 1.29 is 13.9 Å². The van der Waals surface area contributed by atoms with Crippen LogP contribution in [0.4, 0.5) is 4.39 Å². The number of aromatic amines is 2. The molecule has 164 valence electrons. The van der Waals surface area contributed by atoms with Crippen LogP contribution in [0.3, 0.4) is 0 Å². The monoisotopic (exact) mass is 441 g/mol. The van der Waals surface area contributed by atoms with E-state index >= 15 is 0 Å². The summed E-state index contributed by atoms with van der Waals surface area (Å²) < 4.78 is 19.5. The Bertz CT molecular complexity index is 1170. The number of benzene rings is 1. The van der Waals surface area contributed by atoms with E-state index in [2.05, 4.69) is 50.8 Å². The van der Waals surface area contributed by atoms with Crippen LogP contribution in [-0.2, 0) is 17.7 Å². The number of esters is 1. The van der Waals surface area contributed by atoms with Gasteiger partial charge in [0.05, 0.1) is 17.3 Å². The Morgan fingerprint density at radius 2 is 2.03 bits per heavy atom. The molecule has 4 heterocycles. The Hall–Kier alpha value is -2.64. The highest BCUT2D eigenvalue weighted by molar-refractivity contribution is 7.17. The number of rotatable bonds is 3. The molecular weight excluding hydrogens is 413 g/mol. The number of aromatic nitrogens is 2. The number of halogens is 1. The normalized spacial score (nSPS) is 16.7. The minimum Gasteiger partial charge on any atom is -0.464 e. The van der Waals surface area contributed by atoms with Gasteiger partial charge in [-0.1, -0.05) is 18.2 Å². The Kier molecular flexibility index (Phi) is 5.90. The Morgan fingerprint density at radius 1 is 1.26 bits per heavy atom. The Balaban J connectivity index is 0.000000166. The maximum atomic E-state index is 13.9. The van der Waals surface area contributed by atoms with Gasteiger partial charge in [0.25, 0.3) is 0 Å². The second-order valence-electron chi connectivity index (χ2n) is 8.68. The van der Waals surface area contributed by atoms with Crippen molar-refractivity contribution >= 4 is 38.4 Å². The van der Waals surface area contributed by atoms with Crippen LogP contribution in [-0.4, -0.2) is 46.2 Å². The molecule has 0 aliphatic carbocycles. The molecule has 0 saturated heterocycles. The lowest BCUT2D eigenvalue weighted by molar-refractivity contribution is 0.0595. The third-order valence-electron chi connectivity index (χ3n) is 5.61. The average molecular weight is 442 g/mol. The number of H-pyrrole nitrogens is 2. The third kappa shape index (κ3) is 4.67. The summed E-state index contributed by atoms with van der Waals surface area (Å²) in [6.07, 6.45) is 0.995. The van der Waals surface area contributed by atoms with E-state index in [4.69, 9.17) is 0 Å². The van der Waals surface area contributed by atoms with Gasteiger partial charge in [0.15, 0.2) is 0 Å². The molecular formula is C24H28FN3O2S. The lowest BCUT2D eigenvalue weighted by Crippen LogP contribution is -2.44. The van der Waals surface area contributed by atoms with Crippen LogP contribution >= 0.6 is 11.3 Å². The van der Waals surface area contributed by atoms with E-state index in [1.165, 1.54) is 29.3 Å². The first-order chi connectivity index (χ1) is 14.7. The first kappa shape index (κ1) is 21.6. The number of hydrogen-bond donors (Lipinski definition) is 2. The largest absolute Gasteiger partial charge is 0.464 e. The summed E-state index contributed by atoms with van der Waals surface area (Å²) >= 11 is 1.60. The van der Waals surface area contributed by atoms with Crippen molar-refractivity contribution in [2.75, 3.05) is 13.7 Å². The number of thiophene rings is 1. The molecule has 1 unspecified atom stereocenters. The van der Waals surface area contributed by atoms with Crippen molar-refractivity contribution in [1.82, 2.24) is 14.9 Å². The van der Waals surface area contributed by atoms with E-state index in [0.717, 1.165) is 23.2 Å². The van der Waals surface area contributed by atoms with Gasteiger partial charge in [-0.2, -0.15) is 0 Å². The maximum Gasteiger partial charge on any atom is 0.354 e. The van der Waals surface area contributed by atoms with Gasteiger partial charge < -0.3 is 14.7 Å². The maximum absolute atomic E-state index is 13.9. The van der Waals surface area contributed by atoms with E-state index in [1.54, 1.807) is 31.3 Å². The third-order valence-corrected chi connectivity index (χ3v) is 6.47. The molecule has 0 spiro atoms. The molecule has 2 N–H and O–H groups in total. The zero-order valence-corrected chi connectivity index (χ0v) is 19.1. The van der Waals surface area contributed by atoms with E-state index in [1.807, 2.05) is 11.4 Å². The molecule has 1 aliphatic heterocycles. The van der Waals surface area contributed by atoms with Crippen molar-refractivity contribution in [2.45, 2.75) is 45.4 Å². The molecule has 0 saturated carbocycles. The average Bonchev–Trinajstić information content (AvgIpc) is 3.40. The van der Waals surface area contributed by atoms with E-state index in [0.29, 0.717) is 18.3 Å². The van der Waals surface area contributed by atoms with Crippen molar-refractivity contribution in [1.29, 1.82) is 0 Å². The zero-order chi connectivity index (χ0) is 22.2. The van der Waals surface area contributed by atoms with Gasteiger partial charge in [-0.05, 0) is 56.3 Å². The van der Waals surface area contributed by atoms with Crippen LogP contribution in [0, 0.1) is 0 Å². The highest BCUT2D eigenvalue weighted by Crippen LogP contribution is 2.31. The number of methoxy groups -OCH3 is 1. The molecule has 7 heteroatoms. The predicted molar refractivity (Wildman–Crippen MR) is 125 cm³/mol. The molecule has 1 aliphatic rings. The molecule has 3 aromatic heterocycles. The zero-order valence-electron chi connectivity index (χ0n) is 18.3. The second-order valence-corrected chi connectivity index (χ2v) is 9.63. The van der Waals surface area contributed by atoms with Gasteiger partial charge in [0, 0.05) is 35.7 Å². The standard InChI is InChI=1S/C16H21FN2.C8H7NO2S/c1-11-8-13-12-6-4-5-7-14(12)18-15(13)9-19(11)10-16(2,3)17;1-11-8(10)6-4-7-5(9-6)2-3-12-7/h4-7,11,18H,8-10H2,1-3H3;2-4,9H,1H3. The number of alkyl halides is 1. The van der Waals surface area contributed by atoms with Gasteiger partial charge in [-0.15, -0.1) is 11.3 Å². The summed E-state index contributed by atoms with van der Waals surface area (Å²) in [5.41, 5.74) is 4.22. The van der Waals surface area contributed by atoms with E-state index in [-0.39, 0.29) is 5.97 Å². The second kappa shape index (κ2) is 8.48. The quantitative estimate of drug-likeness (QED) is 0.402. The van der Waals surface area contributed by atoms with Crippen LogP contribution in [0.1, 0.15) is 42.5 Å². The minimum absolute atomic E-state index is 0.321. The molecule has 1 aromatic carbocycles. The fourth-order valence-corrected chi connectivity index (χ4v) is 4.95. The number of carbonyl (C=O) groups excluding carboxylic acids is 1. The van der Waals surface area contributed by atoms with E-state index in [9.17, 15) is 9.18 Å². The summed E-state index contributed by atoms with van der Waals surface area (Å²) in [6, 6.07) is 12.5. The van der Waals surface area contributed by atoms with Gasteiger partial charge in [-0.25, -0.2) is 9.18 Å². The van der Waals surface area contributed by atoms with E-state index < -0.39 is 5.67 Å². The molecule has 5 rings (SSSR count). The first-order valence-electron chi connectivity index (χ1n) is 10.4. The highest BCUT2D eigenvalue weighted by atomic mass is 32.1. The first-order valence-corrected chi connectivity index (χ1v) is 11.3. The van der Waals surface area contributed by atoms with Gasteiger partial charge in [0.1, 0.15) is 11.4 Å². The minimum atomic E-state index is -1.14. The van der Waals surface area contributed by atoms with Crippen molar-refractivity contribution in [2.24, 2.45) is 0 Å². The summed E-state index contributed by atoms with van der Waals surface area (Å²) in [5.74, 6) is -0.321. The van der Waals surface area contributed by atoms with Crippen molar-refractivity contribution in [3.05, 3.63) is 58.7 Å². The molecule has 0 amide bonds. The Morgan fingerprint density at radius 3 is 2.74 bits per heavy atom. The van der Waals surface area contributed by atoms with Gasteiger partial charge in [-0.3, -0.25) is 4.90 Å². The Labute approximate surface area is 185 Å². The van der Waals surface area contributed by atoms with Crippen LogP contribution in [0.5, 0.6) is 0 Å². The molecule has 5 nitrogen and oxygen atoms in total. The fourth-order valence-electron chi connectivity index (χ4n) is 4.17. The molecule has 0 bridgehead atoms. The SMILES string of the molecule is CC1Cc2c([nH]c3ccccc23)CN1CC(C)(C)F.COC(=O)c1cc2sccc2[nH]1. The summed E-state index contributed by atoms with van der Waals surface area (Å²) in [6.45, 7) is 6.80. The smallest absolute Gasteiger partial charge is 0.354 e. The van der Waals surface area contributed by atoms with Crippen LogP contribution in [0.15, 0.2) is 41.8 Å². The summed E-state index contributed by atoms with van der Waals surface area (Å²) in [7, 11) is 1.37. The molecule has 31 heavy (non-hydrogen) atoms. The topological polar surface area (TPSA) is 61.1 Å².